The number of nitrogens with one attached hydrogen (secondary N) is 1. The average molecular weight is 193 g/mol. The highest BCUT2D eigenvalue weighted by Crippen LogP contribution is 2.28. The molecule has 3 N–H and O–H groups in total. The molecule has 0 radical (unpaired) electrons. The summed E-state index contributed by atoms with van der Waals surface area (Å²) in [5.74, 6) is 1.80. The van der Waals surface area contributed by atoms with E-state index >= 15 is 0 Å². The lowest BCUT2D eigenvalue weighted by Crippen LogP contribution is -2.21. The zero-order valence-electron chi connectivity index (χ0n) is 8.34. The molecule has 0 unspecified atom stereocenters. The minimum absolute atomic E-state index is 0.105. The molecule has 1 aliphatic carbocycles. The van der Waals surface area contributed by atoms with Crippen LogP contribution in [-0.2, 0) is 6.42 Å². The Morgan fingerprint density at radius 2 is 2.29 bits per heavy atom. The molecule has 14 heavy (non-hydrogen) atoms. The van der Waals surface area contributed by atoms with Crippen molar-refractivity contribution < 1.29 is 0 Å². The molecule has 0 aliphatic heterocycles. The Kier molecular flexibility index (Phi) is 2.27. The standard InChI is InChI=1S/C10H15N3O/c1-6-9(11)12-8(13-10(6)14)5-7-3-2-4-7/h7H,2-5H2,1H3,(H3,11,12,13,14). The number of rotatable bonds is 2. The maximum Gasteiger partial charge on any atom is 0.255 e. The van der Waals surface area contributed by atoms with Crippen molar-refractivity contribution in [2.45, 2.75) is 32.6 Å². The zero-order chi connectivity index (χ0) is 10.1. The van der Waals surface area contributed by atoms with Gasteiger partial charge in [0.2, 0.25) is 0 Å². The van der Waals surface area contributed by atoms with Gasteiger partial charge in [0.1, 0.15) is 11.6 Å². The Morgan fingerprint density at radius 3 is 2.79 bits per heavy atom. The van der Waals surface area contributed by atoms with Crippen LogP contribution in [0.1, 0.15) is 30.7 Å². The Bertz CT molecular complexity index is 393. The summed E-state index contributed by atoms with van der Waals surface area (Å²) in [4.78, 5) is 18.3. The number of aromatic amines is 1. The van der Waals surface area contributed by atoms with Crippen LogP contribution >= 0.6 is 0 Å². The van der Waals surface area contributed by atoms with Crippen LogP contribution in [0.4, 0.5) is 5.82 Å². The largest absolute Gasteiger partial charge is 0.383 e. The van der Waals surface area contributed by atoms with E-state index in [1.807, 2.05) is 0 Å². The Balaban J connectivity index is 2.21. The molecule has 0 saturated heterocycles. The second kappa shape index (κ2) is 3.44. The molecule has 4 heteroatoms. The number of anilines is 1. The van der Waals surface area contributed by atoms with Crippen molar-refractivity contribution in [1.82, 2.24) is 9.97 Å². The van der Waals surface area contributed by atoms with E-state index in [1.54, 1.807) is 6.92 Å². The number of hydrogen-bond acceptors (Lipinski definition) is 3. The van der Waals surface area contributed by atoms with Gasteiger partial charge in [-0.2, -0.15) is 0 Å². The van der Waals surface area contributed by atoms with Crippen molar-refractivity contribution in [1.29, 1.82) is 0 Å². The van der Waals surface area contributed by atoms with Gasteiger partial charge in [-0.05, 0) is 12.8 Å². The van der Waals surface area contributed by atoms with Crippen LogP contribution < -0.4 is 11.3 Å². The van der Waals surface area contributed by atoms with Crippen LogP contribution in [0, 0.1) is 12.8 Å². The van der Waals surface area contributed by atoms with Crippen LogP contribution in [-0.4, -0.2) is 9.97 Å². The molecule has 0 amide bonds. The summed E-state index contributed by atoms with van der Waals surface area (Å²) in [7, 11) is 0. The number of nitrogens with zero attached hydrogens (tertiary/aromatic N) is 1. The molecule has 1 saturated carbocycles. The van der Waals surface area contributed by atoms with Crippen LogP contribution in [0.5, 0.6) is 0 Å². The predicted octanol–water partition coefficient (Wildman–Crippen LogP) is 1.00. The SMILES string of the molecule is Cc1c(N)nc(CC2CCC2)[nH]c1=O. The van der Waals surface area contributed by atoms with Gasteiger partial charge in [0.05, 0.1) is 5.56 Å². The minimum Gasteiger partial charge on any atom is -0.383 e. The molecular formula is C10H15N3O. The number of hydrogen-bond donors (Lipinski definition) is 2. The molecule has 2 rings (SSSR count). The number of H-pyrrole nitrogens is 1. The highest BCUT2D eigenvalue weighted by atomic mass is 16.1. The average Bonchev–Trinajstić information content (AvgIpc) is 2.07. The maximum absolute atomic E-state index is 11.4. The van der Waals surface area contributed by atoms with E-state index in [9.17, 15) is 4.79 Å². The van der Waals surface area contributed by atoms with E-state index in [-0.39, 0.29) is 5.56 Å². The van der Waals surface area contributed by atoms with Gasteiger partial charge < -0.3 is 10.7 Å². The summed E-state index contributed by atoms with van der Waals surface area (Å²) in [6.45, 7) is 1.69. The molecule has 76 valence electrons. The van der Waals surface area contributed by atoms with E-state index in [4.69, 9.17) is 5.73 Å². The van der Waals surface area contributed by atoms with Gasteiger partial charge in [0, 0.05) is 6.42 Å². The molecule has 1 aliphatic rings. The van der Waals surface area contributed by atoms with Crippen molar-refractivity contribution in [3.8, 4) is 0 Å². The lowest BCUT2D eigenvalue weighted by atomic mass is 9.83. The molecule has 1 aromatic rings. The van der Waals surface area contributed by atoms with E-state index < -0.39 is 0 Å². The van der Waals surface area contributed by atoms with Crippen LogP contribution in [0.2, 0.25) is 0 Å². The summed E-state index contributed by atoms with van der Waals surface area (Å²) in [6.07, 6.45) is 4.66. The fourth-order valence-corrected chi connectivity index (χ4v) is 1.67. The maximum atomic E-state index is 11.4. The van der Waals surface area contributed by atoms with Crippen molar-refractivity contribution in [3.05, 3.63) is 21.7 Å². The summed E-state index contributed by atoms with van der Waals surface area (Å²) < 4.78 is 0. The van der Waals surface area contributed by atoms with Gasteiger partial charge in [-0.15, -0.1) is 0 Å². The van der Waals surface area contributed by atoms with Gasteiger partial charge in [0.25, 0.3) is 5.56 Å². The molecule has 0 aromatic carbocycles. The monoisotopic (exact) mass is 193 g/mol. The lowest BCUT2D eigenvalue weighted by Gasteiger charge is -2.24. The molecule has 1 aromatic heterocycles. The van der Waals surface area contributed by atoms with E-state index in [0.29, 0.717) is 17.3 Å². The Hall–Kier alpha value is -1.32. The van der Waals surface area contributed by atoms with Gasteiger partial charge in [-0.3, -0.25) is 4.79 Å². The second-order valence-electron chi connectivity index (χ2n) is 4.02. The van der Waals surface area contributed by atoms with E-state index in [0.717, 1.165) is 12.2 Å². The molecule has 1 heterocycles. The first-order valence-corrected chi connectivity index (χ1v) is 5.02. The topological polar surface area (TPSA) is 71.8 Å². The molecular weight excluding hydrogens is 178 g/mol. The third-order valence-corrected chi connectivity index (χ3v) is 2.94. The summed E-state index contributed by atoms with van der Waals surface area (Å²) >= 11 is 0. The first-order valence-electron chi connectivity index (χ1n) is 5.02. The predicted molar refractivity (Wildman–Crippen MR) is 55.1 cm³/mol. The third kappa shape index (κ3) is 1.64. The second-order valence-corrected chi connectivity index (χ2v) is 4.02. The third-order valence-electron chi connectivity index (χ3n) is 2.94. The zero-order valence-corrected chi connectivity index (χ0v) is 8.34. The van der Waals surface area contributed by atoms with Gasteiger partial charge in [-0.25, -0.2) is 4.98 Å². The number of nitrogen functional groups attached to an aromatic ring is 1. The number of aromatic nitrogens is 2. The van der Waals surface area contributed by atoms with Crippen LogP contribution in [0.3, 0.4) is 0 Å². The van der Waals surface area contributed by atoms with E-state index in [2.05, 4.69) is 9.97 Å². The van der Waals surface area contributed by atoms with Crippen LogP contribution in [0.15, 0.2) is 4.79 Å². The highest BCUT2D eigenvalue weighted by molar-refractivity contribution is 5.36. The molecule has 0 atom stereocenters. The smallest absolute Gasteiger partial charge is 0.255 e. The van der Waals surface area contributed by atoms with Crippen molar-refractivity contribution in [2.75, 3.05) is 5.73 Å². The quantitative estimate of drug-likeness (QED) is 0.736. The Labute approximate surface area is 82.6 Å². The van der Waals surface area contributed by atoms with Crippen molar-refractivity contribution in [2.24, 2.45) is 5.92 Å². The molecule has 0 bridgehead atoms. The first-order chi connectivity index (χ1) is 6.66. The fraction of sp³-hybridized carbons (Fsp3) is 0.600. The minimum atomic E-state index is -0.105. The van der Waals surface area contributed by atoms with Gasteiger partial charge in [-0.1, -0.05) is 19.3 Å². The summed E-state index contributed by atoms with van der Waals surface area (Å²) in [5.41, 5.74) is 6.04. The van der Waals surface area contributed by atoms with Gasteiger partial charge in [0.15, 0.2) is 0 Å². The fourth-order valence-electron chi connectivity index (χ4n) is 1.67. The summed E-state index contributed by atoms with van der Waals surface area (Å²) in [6, 6.07) is 0. The van der Waals surface area contributed by atoms with Crippen molar-refractivity contribution >= 4 is 5.82 Å². The number of nitrogens with two attached hydrogens (primary N) is 1. The first kappa shape index (κ1) is 9.24. The van der Waals surface area contributed by atoms with Gasteiger partial charge >= 0.3 is 0 Å². The van der Waals surface area contributed by atoms with E-state index in [1.165, 1.54) is 19.3 Å². The molecule has 0 spiro atoms. The summed E-state index contributed by atoms with van der Waals surface area (Å²) in [5, 5.41) is 0. The normalized spacial score (nSPS) is 16.6. The lowest BCUT2D eigenvalue weighted by molar-refractivity contribution is 0.309. The van der Waals surface area contributed by atoms with Crippen molar-refractivity contribution in [3.63, 3.8) is 0 Å². The Morgan fingerprint density at radius 1 is 1.57 bits per heavy atom. The highest BCUT2D eigenvalue weighted by Gasteiger charge is 2.19. The molecule has 1 fully saturated rings. The molecule has 4 nitrogen and oxygen atoms in total. The van der Waals surface area contributed by atoms with Crippen LogP contribution in [0.25, 0.3) is 0 Å².